The van der Waals surface area contributed by atoms with Crippen LogP contribution in [0, 0.1) is 0 Å². The standard InChI is InChI=1S/C14H15N3O4/c1-7-13(20)15-11(18)6-17(7)8-3-4-9-10(5-8)16(2)14(21)12(9)19/h3-5,7,12,19H,6H2,1-2H3,(H,15,18,20). The summed E-state index contributed by atoms with van der Waals surface area (Å²) in [4.78, 5) is 38.0. The van der Waals surface area contributed by atoms with Crippen molar-refractivity contribution in [2.45, 2.75) is 19.1 Å². The van der Waals surface area contributed by atoms with Gasteiger partial charge in [-0.1, -0.05) is 6.07 Å². The van der Waals surface area contributed by atoms with Gasteiger partial charge in [0.05, 0.1) is 12.2 Å². The second-order valence-electron chi connectivity index (χ2n) is 5.26. The number of imide groups is 1. The Balaban J connectivity index is 2.00. The van der Waals surface area contributed by atoms with Crippen molar-refractivity contribution in [2.24, 2.45) is 0 Å². The molecule has 2 heterocycles. The number of nitrogens with one attached hydrogen (secondary N) is 1. The van der Waals surface area contributed by atoms with Crippen LogP contribution in [-0.4, -0.2) is 42.5 Å². The summed E-state index contributed by atoms with van der Waals surface area (Å²) in [6.45, 7) is 1.78. The van der Waals surface area contributed by atoms with Gasteiger partial charge in [0, 0.05) is 18.3 Å². The number of hydrogen-bond donors (Lipinski definition) is 2. The van der Waals surface area contributed by atoms with Crippen LogP contribution in [0.1, 0.15) is 18.6 Å². The second-order valence-corrected chi connectivity index (χ2v) is 5.26. The molecule has 0 spiro atoms. The van der Waals surface area contributed by atoms with E-state index in [0.29, 0.717) is 16.9 Å². The molecule has 0 saturated carbocycles. The maximum absolute atomic E-state index is 11.8. The predicted octanol–water partition coefficient (Wildman–Crippen LogP) is -0.452. The first-order chi connectivity index (χ1) is 9.90. The molecule has 2 aliphatic rings. The maximum atomic E-state index is 11.8. The molecule has 110 valence electrons. The van der Waals surface area contributed by atoms with Crippen LogP contribution in [0.3, 0.4) is 0 Å². The second kappa shape index (κ2) is 4.56. The fraction of sp³-hybridized carbons (Fsp3) is 0.357. The number of aliphatic hydroxyl groups is 1. The number of carbonyl (C=O) groups excluding carboxylic acids is 3. The van der Waals surface area contributed by atoms with E-state index in [4.69, 9.17) is 0 Å². The Morgan fingerprint density at radius 2 is 2.00 bits per heavy atom. The molecule has 2 unspecified atom stereocenters. The molecule has 1 saturated heterocycles. The van der Waals surface area contributed by atoms with E-state index in [1.165, 1.54) is 4.90 Å². The monoisotopic (exact) mass is 289 g/mol. The van der Waals surface area contributed by atoms with E-state index in [1.54, 1.807) is 37.1 Å². The summed E-state index contributed by atoms with van der Waals surface area (Å²) < 4.78 is 0. The zero-order valence-electron chi connectivity index (χ0n) is 11.7. The number of benzene rings is 1. The smallest absolute Gasteiger partial charge is 0.260 e. The van der Waals surface area contributed by atoms with Crippen molar-refractivity contribution in [3.63, 3.8) is 0 Å². The minimum atomic E-state index is -1.15. The van der Waals surface area contributed by atoms with Gasteiger partial charge in [-0.15, -0.1) is 0 Å². The molecule has 3 rings (SSSR count). The number of anilines is 2. The van der Waals surface area contributed by atoms with Gasteiger partial charge in [0.25, 0.3) is 5.91 Å². The third-order valence-electron chi connectivity index (χ3n) is 3.99. The van der Waals surface area contributed by atoms with Gasteiger partial charge in [-0.2, -0.15) is 0 Å². The van der Waals surface area contributed by atoms with Crippen LogP contribution in [0.25, 0.3) is 0 Å². The van der Waals surface area contributed by atoms with Crippen molar-refractivity contribution in [3.05, 3.63) is 23.8 Å². The fourth-order valence-corrected chi connectivity index (χ4v) is 2.70. The first-order valence-electron chi connectivity index (χ1n) is 6.60. The lowest BCUT2D eigenvalue weighted by Crippen LogP contribution is -2.57. The van der Waals surface area contributed by atoms with E-state index in [2.05, 4.69) is 5.32 Å². The Bertz CT molecular complexity index is 658. The molecule has 0 radical (unpaired) electrons. The highest BCUT2D eigenvalue weighted by atomic mass is 16.3. The third-order valence-corrected chi connectivity index (χ3v) is 3.99. The number of amides is 3. The van der Waals surface area contributed by atoms with Gasteiger partial charge < -0.3 is 14.9 Å². The molecule has 3 amide bonds. The lowest BCUT2D eigenvalue weighted by atomic mass is 10.1. The van der Waals surface area contributed by atoms with E-state index < -0.39 is 12.1 Å². The molecular formula is C14H15N3O4. The van der Waals surface area contributed by atoms with Crippen LogP contribution < -0.4 is 15.1 Å². The van der Waals surface area contributed by atoms with E-state index in [-0.39, 0.29) is 24.3 Å². The summed E-state index contributed by atoms with van der Waals surface area (Å²) in [5.41, 5.74) is 1.79. The molecule has 1 aromatic carbocycles. The van der Waals surface area contributed by atoms with E-state index >= 15 is 0 Å². The Hall–Kier alpha value is -2.41. The number of fused-ring (bicyclic) bond motifs is 1. The van der Waals surface area contributed by atoms with Crippen molar-refractivity contribution in [1.82, 2.24) is 5.32 Å². The van der Waals surface area contributed by atoms with Crippen LogP contribution in [0.2, 0.25) is 0 Å². The average molecular weight is 289 g/mol. The van der Waals surface area contributed by atoms with Crippen molar-refractivity contribution in [1.29, 1.82) is 0 Å². The van der Waals surface area contributed by atoms with E-state index in [0.717, 1.165) is 0 Å². The summed E-state index contributed by atoms with van der Waals surface area (Å²) in [5.74, 6) is -1.10. The van der Waals surface area contributed by atoms with Crippen LogP contribution in [0.15, 0.2) is 18.2 Å². The highest BCUT2D eigenvalue weighted by molar-refractivity contribution is 6.06. The summed E-state index contributed by atoms with van der Waals surface area (Å²) in [6.07, 6.45) is -1.15. The summed E-state index contributed by atoms with van der Waals surface area (Å²) >= 11 is 0. The first kappa shape index (κ1) is 13.6. The average Bonchev–Trinajstić information content (AvgIpc) is 2.67. The van der Waals surface area contributed by atoms with Gasteiger partial charge in [0.15, 0.2) is 6.10 Å². The Morgan fingerprint density at radius 1 is 1.29 bits per heavy atom. The third kappa shape index (κ3) is 1.97. The van der Waals surface area contributed by atoms with Gasteiger partial charge in [-0.05, 0) is 19.1 Å². The van der Waals surface area contributed by atoms with Crippen LogP contribution in [-0.2, 0) is 14.4 Å². The Kier molecular flexibility index (Phi) is 2.94. The molecule has 7 heteroatoms. The number of piperazine rings is 1. The van der Waals surface area contributed by atoms with Crippen LogP contribution in [0.4, 0.5) is 11.4 Å². The summed E-state index contributed by atoms with van der Waals surface area (Å²) in [6, 6.07) is 4.59. The summed E-state index contributed by atoms with van der Waals surface area (Å²) in [5, 5.41) is 12.1. The van der Waals surface area contributed by atoms with Gasteiger partial charge in [0.2, 0.25) is 11.8 Å². The molecule has 0 aliphatic carbocycles. The molecule has 1 aromatic rings. The predicted molar refractivity (Wildman–Crippen MR) is 74.8 cm³/mol. The van der Waals surface area contributed by atoms with Crippen molar-refractivity contribution >= 4 is 29.1 Å². The number of nitrogens with zero attached hydrogens (tertiary/aromatic N) is 2. The highest BCUT2D eigenvalue weighted by Crippen LogP contribution is 2.37. The lowest BCUT2D eigenvalue weighted by Gasteiger charge is -2.33. The molecule has 1 fully saturated rings. The maximum Gasteiger partial charge on any atom is 0.260 e. The minimum absolute atomic E-state index is 0.0753. The molecule has 7 nitrogen and oxygen atoms in total. The van der Waals surface area contributed by atoms with Crippen molar-refractivity contribution in [3.8, 4) is 0 Å². The number of rotatable bonds is 1. The number of hydrogen-bond acceptors (Lipinski definition) is 5. The minimum Gasteiger partial charge on any atom is -0.378 e. The SMILES string of the molecule is CC1C(=O)NC(=O)CN1c1ccc2c(c1)N(C)C(=O)C2O. The fourth-order valence-electron chi connectivity index (χ4n) is 2.70. The van der Waals surface area contributed by atoms with Gasteiger partial charge in [-0.25, -0.2) is 0 Å². The normalized spacial score (nSPS) is 25.2. The highest BCUT2D eigenvalue weighted by Gasteiger charge is 2.35. The lowest BCUT2D eigenvalue weighted by molar-refractivity contribution is -0.132. The molecule has 2 aliphatic heterocycles. The molecule has 0 bridgehead atoms. The molecule has 2 atom stereocenters. The Morgan fingerprint density at radius 3 is 2.71 bits per heavy atom. The molecular weight excluding hydrogens is 274 g/mol. The first-order valence-corrected chi connectivity index (χ1v) is 6.60. The van der Waals surface area contributed by atoms with Gasteiger partial charge in [0.1, 0.15) is 6.04 Å². The molecule has 2 N–H and O–H groups in total. The number of likely N-dealkylation sites (N-methyl/N-ethyl adjacent to an activating group) is 1. The van der Waals surface area contributed by atoms with E-state index in [1.807, 2.05) is 0 Å². The molecule has 0 aromatic heterocycles. The quantitative estimate of drug-likeness (QED) is 0.683. The number of aliphatic hydroxyl groups excluding tert-OH is 1. The zero-order chi connectivity index (χ0) is 15.3. The zero-order valence-corrected chi connectivity index (χ0v) is 11.7. The topological polar surface area (TPSA) is 90.0 Å². The van der Waals surface area contributed by atoms with Crippen LogP contribution in [0.5, 0.6) is 0 Å². The van der Waals surface area contributed by atoms with Gasteiger partial charge in [-0.3, -0.25) is 19.7 Å². The van der Waals surface area contributed by atoms with Crippen LogP contribution >= 0.6 is 0 Å². The van der Waals surface area contributed by atoms with Crippen molar-refractivity contribution < 1.29 is 19.5 Å². The number of carbonyl (C=O) groups is 3. The van der Waals surface area contributed by atoms with Crippen molar-refractivity contribution in [2.75, 3.05) is 23.4 Å². The molecule has 21 heavy (non-hydrogen) atoms. The summed E-state index contributed by atoms with van der Waals surface area (Å²) in [7, 11) is 1.58. The van der Waals surface area contributed by atoms with Gasteiger partial charge >= 0.3 is 0 Å². The largest absolute Gasteiger partial charge is 0.378 e. The Labute approximate surface area is 121 Å². The van der Waals surface area contributed by atoms with E-state index in [9.17, 15) is 19.5 Å².